The number of para-hydroxylation sites is 1. The molecule has 1 aromatic heterocycles. The third kappa shape index (κ3) is 4.20. The number of amides is 1. The SMILES string of the molecule is CCn1c(SCC(=O)N[C@@H]2CCCC[C@H]2C)nnc1-c1ccccc1O. The van der Waals surface area contributed by atoms with Gasteiger partial charge in [0.1, 0.15) is 5.75 Å². The summed E-state index contributed by atoms with van der Waals surface area (Å²) < 4.78 is 1.93. The monoisotopic (exact) mass is 374 g/mol. The maximum absolute atomic E-state index is 12.3. The van der Waals surface area contributed by atoms with Crippen LogP contribution in [0.4, 0.5) is 0 Å². The number of rotatable bonds is 6. The van der Waals surface area contributed by atoms with Crippen molar-refractivity contribution >= 4 is 17.7 Å². The Morgan fingerprint density at radius 2 is 2.08 bits per heavy atom. The van der Waals surface area contributed by atoms with Crippen molar-refractivity contribution in [2.24, 2.45) is 5.92 Å². The number of phenolic OH excluding ortho intramolecular Hbond substituents is 1. The van der Waals surface area contributed by atoms with E-state index in [2.05, 4.69) is 22.4 Å². The summed E-state index contributed by atoms with van der Waals surface area (Å²) in [6.07, 6.45) is 4.71. The van der Waals surface area contributed by atoms with Gasteiger partial charge in [0.25, 0.3) is 0 Å². The minimum absolute atomic E-state index is 0.0449. The van der Waals surface area contributed by atoms with Gasteiger partial charge in [-0.3, -0.25) is 4.79 Å². The zero-order valence-electron chi connectivity index (χ0n) is 15.3. The number of benzene rings is 1. The van der Waals surface area contributed by atoms with Crippen LogP contribution in [0.3, 0.4) is 0 Å². The third-order valence-corrected chi connectivity index (χ3v) is 5.94. The summed E-state index contributed by atoms with van der Waals surface area (Å²) in [5, 5.41) is 22.4. The van der Waals surface area contributed by atoms with E-state index in [0.29, 0.717) is 34.8 Å². The topological polar surface area (TPSA) is 80.0 Å². The maximum Gasteiger partial charge on any atom is 0.230 e. The van der Waals surface area contributed by atoms with Crippen LogP contribution in [-0.4, -0.2) is 37.6 Å². The largest absolute Gasteiger partial charge is 0.507 e. The van der Waals surface area contributed by atoms with Crippen molar-refractivity contribution in [3.8, 4) is 17.1 Å². The Kier molecular flexibility index (Phi) is 6.19. The van der Waals surface area contributed by atoms with Gasteiger partial charge in [-0.2, -0.15) is 0 Å². The van der Waals surface area contributed by atoms with Crippen LogP contribution in [0.25, 0.3) is 11.4 Å². The number of hydrogen-bond acceptors (Lipinski definition) is 5. The molecule has 3 rings (SSSR count). The molecule has 0 unspecified atom stereocenters. The minimum Gasteiger partial charge on any atom is -0.507 e. The van der Waals surface area contributed by atoms with Gasteiger partial charge in [-0.25, -0.2) is 0 Å². The van der Waals surface area contributed by atoms with E-state index in [-0.39, 0.29) is 17.7 Å². The number of aromatic hydroxyl groups is 1. The van der Waals surface area contributed by atoms with E-state index in [1.807, 2.05) is 23.6 Å². The van der Waals surface area contributed by atoms with Crippen molar-refractivity contribution in [1.29, 1.82) is 0 Å². The molecule has 2 aromatic rings. The quantitative estimate of drug-likeness (QED) is 0.757. The summed E-state index contributed by atoms with van der Waals surface area (Å²) in [5.41, 5.74) is 0.647. The normalized spacial score (nSPS) is 20.1. The van der Waals surface area contributed by atoms with Crippen molar-refractivity contribution in [3.05, 3.63) is 24.3 Å². The van der Waals surface area contributed by atoms with Gasteiger partial charge in [-0.1, -0.05) is 43.7 Å². The van der Waals surface area contributed by atoms with Crippen molar-refractivity contribution in [1.82, 2.24) is 20.1 Å². The lowest BCUT2D eigenvalue weighted by molar-refractivity contribution is -0.119. The van der Waals surface area contributed by atoms with Crippen LogP contribution in [-0.2, 0) is 11.3 Å². The van der Waals surface area contributed by atoms with E-state index in [4.69, 9.17) is 0 Å². The highest BCUT2D eigenvalue weighted by atomic mass is 32.2. The number of thioether (sulfide) groups is 1. The van der Waals surface area contributed by atoms with E-state index in [0.717, 1.165) is 6.42 Å². The molecule has 26 heavy (non-hydrogen) atoms. The molecule has 1 heterocycles. The van der Waals surface area contributed by atoms with Gasteiger partial charge in [0.15, 0.2) is 11.0 Å². The molecule has 140 valence electrons. The first-order chi connectivity index (χ1) is 12.6. The first kappa shape index (κ1) is 18.8. The highest BCUT2D eigenvalue weighted by Gasteiger charge is 2.23. The number of carbonyl (C=O) groups is 1. The second-order valence-electron chi connectivity index (χ2n) is 6.79. The molecule has 7 heteroatoms. The molecule has 1 aromatic carbocycles. The van der Waals surface area contributed by atoms with Crippen LogP contribution in [0, 0.1) is 5.92 Å². The summed E-state index contributed by atoms with van der Waals surface area (Å²) in [6, 6.07) is 7.37. The molecule has 6 nitrogen and oxygen atoms in total. The average molecular weight is 375 g/mol. The second-order valence-corrected chi connectivity index (χ2v) is 7.73. The number of nitrogens with zero attached hydrogens (tertiary/aromatic N) is 3. The van der Waals surface area contributed by atoms with E-state index < -0.39 is 0 Å². The number of phenols is 1. The zero-order chi connectivity index (χ0) is 18.5. The highest BCUT2D eigenvalue weighted by Crippen LogP contribution is 2.30. The molecule has 0 bridgehead atoms. The number of hydrogen-bond donors (Lipinski definition) is 2. The van der Waals surface area contributed by atoms with Gasteiger partial charge < -0.3 is 15.0 Å². The van der Waals surface area contributed by atoms with E-state index >= 15 is 0 Å². The predicted molar refractivity (Wildman–Crippen MR) is 103 cm³/mol. The Labute approximate surface area is 158 Å². The lowest BCUT2D eigenvalue weighted by atomic mass is 9.86. The predicted octanol–water partition coefficient (Wildman–Crippen LogP) is 3.46. The van der Waals surface area contributed by atoms with Crippen molar-refractivity contribution in [3.63, 3.8) is 0 Å². The smallest absolute Gasteiger partial charge is 0.230 e. The molecule has 1 saturated carbocycles. The van der Waals surface area contributed by atoms with Gasteiger partial charge in [0.05, 0.1) is 11.3 Å². The molecule has 1 fully saturated rings. The Bertz CT molecular complexity index is 762. The van der Waals surface area contributed by atoms with Crippen molar-refractivity contribution in [2.45, 2.75) is 57.3 Å². The molecule has 2 atom stereocenters. The van der Waals surface area contributed by atoms with Crippen LogP contribution in [0.2, 0.25) is 0 Å². The number of carbonyl (C=O) groups excluding carboxylic acids is 1. The van der Waals surface area contributed by atoms with Crippen LogP contribution in [0.15, 0.2) is 29.4 Å². The minimum atomic E-state index is 0.0449. The van der Waals surface area contributed by atoms with Gasteiger partial charge in [-0.15, -0.1) is 10.2 Å². The van der Waals surface area contributed by atoms with Crippen LogP contribution < -0.4 is 5.32 Å². The highest BCUT2D eigenvalue weighted by molar-refractivity contribution is 7.99. The first-order valence-corrected chi connectivity index (χ1v) is 10.2. The first-order valence-electron chi connectivity index (χ1n) is 9.24. The molecular weight excluding hydrogens is 348 g/mol. The summed E-state index contributed by atoms with van der Waals surface area (Å²) in [7, 11) is 0. The molecule has 0 aliphatic heterocycles. The second kappa shape index (κ2) is 8.58. The van der Waals surface area contributed by atoms with Crippen LogP contribution in [0.1, 0.15) is 39.5 Å². The fourth-order valence-corrected chi connectivity index (χ4v) is 4.27. The molecule has 0 spiro atoms. The van der Waals surface area contributed by atoms with E-state index in [1.165, 1.54) is 31.0 Å². The standard InChI is InChI=1S/C19H26N4O2S/c1-3-23-18(14-9-5-7-11-16(14)24)21-22-19(23)26-12-17(25)20-15-10-6-4-8-13(15)2/h5,7,9,11,13,15,24H,3-4,6,8,10,12H2,1-2H3,(H,20,25)/t13-,15-/m1/s1. The van der Waals surface area contributed by atoms with Gasteiger partial charge in [0.2, 0.25) is 5.91 Å². The molecule has 2 N–H and O–H groups in total. The fourth-order valence-electron chi connectivity index (χ4n) is 3.45. The van der Waals surface area contributed by atoms with Crippen molar-refractivity contribution in [2.75, 3.05) is 5.75 Å². The number of aromatic nitrogens is 3. The molecule has 0 saturated heterocycles. The average Bonchev–Trinajstić information content (AvgIpc) is 3.05. The van der Waals surface area contributed by atoms with Crippen LogP contribution in [0.5, 0.6) is 5.75 Å². The number of nitrogens with one attached hydrogen (secondary N) is 1. The Morgan fingerprint density at radius 3 is 2.81 bits per heavy atom. The molecule has 0 radical (unpaired) electrons. The van der Waals surface area contributed by atoms with E-state index in [1.54, 1.807) is 12.1 Å². The lowest BCUT2D eigenvalue weighted by Gasteiger charge is -2.29. The summed E-state index contributed by atoms with van der Waals surface area (Å²) >= 11 is 1.39. The van der Waals surface area contributed by atoms with Crippen molar-refractivity contribution < 1.29 is 9.90 Å². The maximum atomic E-state index is 12.3. The van der Waals surface area contributed by atoms with E-state index in [9.17, 15) is 9.90 Å². The summed E-state index contributed by atoms with van der Waals surface area (Å²) in [6.45, 7) is 4.88. The van der Waals surface area contributed by atoms with Gasteiger partial charge in [0, 0.05) is 12.6 Å². The third-order valence-electron chi connectivity index (χ3n) is 4.97. The lowest BCUT2D eigenvalue weighted by Crippen LogP contribution is -2.41. The zero-order valence-corrected chi connectivity index (χ0v) is 16.1. The Morgan fingerprint density at radius 1 is 1.31 bits per heavy atom. The van der Waals surface area contributed by atoms with Gasteiger partial charge >= 0.3 is 0 Å². The molecule has 1 amide bonds. The summed E-state index contributed by atoms with van der Waals surface area (Å²) in [5.74, 6) is 1.71. The molecule has 1 aliphatic carbocycles. The Hall–Kier alpha value is -2.02. The molecule has 1 aliphatic rings. The fraction of sp³-hybridized carbons (Fsp3) is 0.526. The Balaban J connectivity index is 1.65. The van der Waals surface area contributed by atoms with Gasteiger partial charge in [-0.05, 0) is 37.8 Å². The van der Waals surface area contributed by atoms with Crippen LogP contribution >= 0.6 is 11.8 Å². The summed E-state index contributed by atoms with van der Waals surface area (Å²) in [4.78, 5) is 12.3. The molecular formula is C19H26N4O2S.